The average Bonchev–Trinajstić information content (AvgIpc) is 2.79. The summed E-state index contributed by atoms with van der Waals surface area (Å²) in [5.41, 5.74) is 1.46. The Kier molecular flexibility index (Phi) is 5.44. The zero-order valence-electron chi connectivity index (χ0n) is 16.2. The van der Waals surface area contributed by atoms with E-state index < -0.39 is 5.95 Å². The van der Waals surface area contributed by atoms with E-state index >= 15 is 0 Å². The number of fused-ring (bicyclic) bond motifs is 2. The van der Waals surface area contributed by atoms with Crippen molar-refractivity contribution in [2.75, 3.05) is 38.1 Å². The van der Waals surface area contributed by atoms with Gasteiger partial charge >= 0.3 is 0 Å². The first-order valence-electron chi connectivity index (χ1n) is 9.74. The number of aromatic nitrogens is 1. The summed E-state index contributed by atoms with van der Waals surface area (Å²) in [5.74, 6) is -0.105. The zero-order chi connectivity index (χ0) is 20.4. The summed E-state index contributed by atoms with van der Waals surface area (Å²) in [6.45, 7) is 4.18. The fourth-order valence-electron chi connectivity index (χ4n) is 3.79. The molecule has 2 aromatic rings. The van der Waals surface area contributed by atoms with Crippen molar-refractivity contribution in [3.05, 3.63) is 42.5 Å². The maximum absolute atomic E-state index is 14.1. The molecule has 2 amide bonds. The van der Waals surface area contributed by atoms with Crippen molar-refractivity contribution in [2.24, 2.45) is 0 Å². The average molecular weight is 398 g/mol. The number of halogens is 1. The highest BCUT2D eigenvalue weighted by Crippen LogP contribution is 2.32. The minimum Gasteiger partial charge on any atom is -0.490 e. The quantitative estimate of drug-likeness (QED) is 0.785. The first-order chi connectivity index (χ1) is 14.0. The first-order valence-corrected chi connectivity index (χ1v) is 9.74. The van der Waals surface area contributed by atoms with Gasteiger partial charge in [0.05, 0.1) is 18.3 Å². The molecule has 7 nitrogen and oxygen atoms in total. The van der Waals surface area contributed by atoms with Crippen LogP contribution in [0.25, 0.3) is 11.1 Å². The third-order valence-electron chi connectivity index (χ3n) is 5.36. The molecule has 1 aromatic carbocycles. The number of nitrogens with zero attached hydrogens (tertiary/aromatic N) is 3. The standard InChI is InChI=1S/C21H23FN4O3/c1-2-20(28)26-9-8-25-12-19(27)24-17-10-14(16-4-3-7-23-21(16)22)5-6-18(17)29-13-15(25)11-26/h3-7,10,15H,2,8-9,11-13H2,1H3,(H,24,27)/t15-/m1/s1. The molecule has 29 heavy (non-hydrogen) atoms. The van der Waals surface area contributed by atoms with Crippen LogP contribution in [0, 0.1) is 5.95 Å². The van der Waals surface area contributed by atoms with Crippen molar-refractivity contribution in [2.45, 2.75) is 19.4 Å². The fraction of sp³-hybridized carbons (Fsp3) is 0.381. The number of amides is 2. The van der Waals surface area contributed by atoms with E-state index in [1.54, 1.807) is 30.3 Å². The summed E-state index contributed by atoms with van der Waals surface area (Å²) in [6.07, 6.45) is 1.86. The molecule has 0 bridgehead atoms. The summed E-state index contributed by atoms with van der Waals surface area (Å²) in [5, 5.41) is 2.88. The van der Waals surface area contributed by atoms with Gasteiger partial charge in [0, 0.05) is 37.8 Å². The van der Waals surface area contributed by atoms with Crippen LogP contribution in [0.2, 0.25) is 0 Å². The number of carbonyl (C=O) groups is 2. The van der Waals surface area contributed by atoms with Crippen LogP contribution in [0.5, 0.6) is 5.75 Å². The number of hydrogen-bond acceptors (Lipinski definition) is 5. The summed E-state index contributed by atoms with van der Waals surface area (Å²) < 4.78 is 20.1. The molecule has 152 valence electrons. The molecule has 0 radical (unpaired) electrons. The number of carbonyl (C=O) groups excluding carboxylic acids is 2. The molecule has 1 fully saturated rings. The van der Waals surface area contributed by atoms with E-state index in [4.69, 9.17) is 4.74 Å². The topological polar surface area (TPSA) is 74.8 Å². The van der Waals surface area contributed by atoms with Gasteiger partial charge in [-0.25, -0.2) is 4.98 Å². The number of ether oxygens (including phenoxy) is 1. The molecule has 1 atom stereocenters. The van der Waals surface area contributed by atoms with E-state index in [0.717, 1.165) is 0 Å². The van der Waals surface area contributed by atoms with Crippen molar-refractivity contribution in [1.82, 2.24) is 14.8 Å². The molecule has 4 rings (SSSR count). The summed E-state index contributed by atoms with van der Waals surface area (Å²) in [6, 6.07) is 8.41. The molecule has 0 saturated carbocycles. The molecule has 2 aliphatic rings. The van der Waals surface area contributed by atoms with Crippen molar-refractivity contribution in [3.63, 3.8) is 0 Å². The molecule has 3 heterocycles. The predicted octanol–water partition coefficient (Wildman–Crippen LogP) is 2.14. The number of rotatable bonds is 2. The summed E-state index contributed by atoms with van der Waals surface area (Å²) in [7, 11) is 0. The predicted molar refractivity (Wildman–Crippen MR) is 106 cm³/mol. The Labute approximate surface area is 168 Å². The van der Waals surface area contributed by atoms with E-state index in [0.29, 0.717) is 55.2 Å². The second-order valence-corrected chi connectivity index (χ2v) is 7.23. The van der Waals surface area contributed by atoms with Gasteiger partial charge in [0.25, 0.3) is 0 Å². The highest BCUT2D eigenvalue weighted by Gasteiger charge is 2.32. The number of piperazine rings is 1. The van der Waals surface area contributed by atoms with E-state index in [-0.39, 0.29) is 24.4 Å². The minimum absolute atomic E-state index is 0.0635. The number of nitrogens with one attached hydrogen (secondary N) is 1. The normalized spacial score (nSPS) is 19.7. The monoisotopic (exact) mass is 398 g/mol. The Hall–Kier alpha value is -3.00. The van der Waals surface area contributed by atoms with E-state index in [1.807, 2.05) is 16.7 Å². The maximum Gasteiger partial charge on any atom is 0.238 e. The second kappa shape index (κ2) is 8.16. The molecule has 8 heteroatoms. The van der Waals surface area contributed by atoms with Crippen molar-refractivity contribution in [3.8, 4) is 16.9 Å². The molecule has 0 spiro atoms. The number of hydrogen-bond donors (Lipinski definition) is 1. The largest absolute Gasteiger partial charge is 0.490 e. The highest BCUT2D eigenvalue weighted by molar-refractivity contribution is 5.94. The lowest BCUT2D eigenvalue weighted by atomic mass is 10.1. The van der Waals surface area contributed by atoms with Crippen molar-refractivity contribution >= 4 is 17.5 Å². The Morgan fingerprint density at radius 3 is 3.00 bits per heavy atom. The van der Waals surface area contributed by atoms with Crippen LogP contribution < -0.4 is 10.1 Å². The van der Waals surface area contributed by atoms with Gasteiger partial charge in [-0.15, -0.1) is 0 Å². The van der Waals surface area contributed by atoms with Gasteiger partial charge < -0.3 is 15.0 Å². The Morgan fingerprint density at radius 1 is 1.34 bits per heavy atom. The van der Waals surface area contributed by atoms with E-state index in [2.05, 4.69) is 10.3 Å². The lowest BCUT2D eigenvalue weighted by Gasteiger charge is -2.40. The van der Waals surface area contributed by atoms with Gasteiger partial charge in [0.15, 0.2) is 0 Å². The SMILES string of the molecule is CCC(=O)N1CCN2CC(=O)Nc3cc(-c4cccnc4F)ccc3OC[C@H]2C1. The Balaban J connectivity index is 1.59. The van der Waals surface area contributed by atoms with Crippen molar-refractivity contribution in [1.29, 1.82) is 0 Å². The molecular formula is C21H23FN4O3. The smallest absolute Gasteiger partial charge is 0.238 e. The van der Waals surface area contributed by atoms with Gasteiger partial charge in [0.1, 0.15) is 12.4 Å². The van der Waals surface area contributed by atoms with Gasteiger partial charge in [-0.05, 0) is 29.8 Å². The minimum atomic E-state index is -0.569. The molecule has 2 aliphatic heterocycles. The van der Waals surface area contributed by atoms with E-state index in [9.17, 15) is 14.0 Å². The second-order valence-electron chi connectivity index (χ2n) is 7.23. The van der Waals surface area contributed by atoms with Crippen LogP contribution in [0.1, 0.15) is 13.3 Å². The number of benzene rings is 1. The van der Waals surface area contributed by atoms with Crippen LogP contribution in [-0.2, 0) is 9.59 Å². The molecular weight excluding hydrogens is 375 g/mol. The van der Waals surface area contributed by atoms with Gasteiger partial charge in [-0.3, -0.25) is 14.5 Å². The summed E-state index contributed by atoms with van der Waals surface area (Å²) >= 11 is 0. The molecule has 1 aromatic heterocycles. The van der Waals surface area contributed by atoms with Gasteiger partial charge in [0.2, 0.25) is 17.8 Å². The summed E-state index contributed by atoms with van der Waals surface area (Å²) in [4.78, 5) is 32.3. The third-order valence-corrected chi connectivity index (χ3v) is 5.36. The van der Waals surface area contributed by atoms with E-state index in [1.165, 1.54) is 6.20 Å². The zero-order valence-corrected chi connectivity index (χ0v) is 16.2. The highest BCUT2D eigenvalue weighted by atomic mass is 19.1. The Morgan fingerprint density at radius 2 is 2.21 bits per heavy atom. The van der Waals surface area contributed by atoms with Crippen molar-refractivity contribution < 1.29 is 18.7 Å². The molecule has 0 aliphatic carbocycles. The van der Waals surface area contributed by atoms with Crippen LogP contribution >= 0.6 is 0 Å². The van der Waals surface area contributed by atoms with Crippen LogP contribution in [0.3, 0.4) is 0 Å². The lowest BCUT2D eigenvalue weighted by Crippen LogP contribution is -2.57. The molecule has 1 N–H and O–H groups in total. The lowest BCUT2D eigenvalue weighted by molar-refractivity contribution is -0.134. The van der Waals surface area contributed by atoms with Crippen LogP contribution in [0.4, 0.5) is 10.1 Å². The number of pyridine rings is 1. The van der Waals surface area contributed by atoms with Gasteiger partial charge in [-0.2, -0.15) is 4.39 Å². The first kappa shape index (κ1) is 19.3. The molecule has 0 unspecified atom stereocenters. The van der Waals surface area contributed by atoms with Gasteiger partial charge in [-0.1, -0.05) is 13.0 Å². The molecule has 1 saturated heterocycles. The fourth-order valence-corrected chi connectivity index (χ4v) is 3.79. The maximum atomic E-state index is 14.1. The number of anilines is 1. The third kappa shape index (κ3) is 4.07. The van der Waals surface area contributed by atoms with Crippen LogP contribution in [-0.4, -0.2) is 65.4 Å². The Bertz CT molecular complexity index is 936. The van der Waals surface area contributed by atoms with Crippen LogP contribution in [0.15, 0.2) is 36.5 Å².